The molecule has 0 saturated heterocycles. The van der Waals surface area contributed by atoms with E-state index in [4.69, 9.17) is 4.74 Å². The predicted octanol–water partition coefficient (Wildman–Crippen LogP) is 2.92. The number of pyridine rings is 1. The number of thioether (sulfide) groups is 1. The van der Waals surface area contributed by atoms with Gasteiger partial charge in [-0.2, -0.15) is 0 Å². The van der Waals surface area contributed by atoms with E-state index in [2.05, 4.69) is 20.5 Å². The van der Waals surface area contributed by atoms with Gasteiger partial charge in [0, 0.05) is 36.3 Å². The molecule has 0 radical (unpaired) electrons. The molecule has 9 heteroatoms. The number of hydrogen-bond donors (Lipinski definition) is 1. The van der Waals surface area contributed by atoms with Gasteiger partial charge in [0.2, 0.25) is 5.91 Å². The first-order chi connectivity index (χ1) is 14.1. The number of nitrogens with zero attached hydrogens (tertiary/aromatic N) is 4. The van der Waals surface area contributed by atoms with Gasteiger partial charge in [0.1, 0.15) is 0 Å². The van der Waals surface area contributed by atoms with Crippen molar-refractivity contribution < 1.29 is 14.3 Å². The summed E-state index contributed by atoms with van der Waals surface area (Å²) in [6.07, 6.45) is 3.39. The number of anilines is 1. The van der Waals surface area contributed by atoms with Crippen LogP contribution < -0.4 is 5.32 Å². The number of ether oxygens (including phenoxy) is 1. The molecule has 0 bridgehead atoms. The molecule has 3 rings (SSSR count). The molecule has 1 amide bonds. The second-order valence-electron chi connectivity index (χ2n) is 6.16. The number of nitrogens with one attached hydrogen (secondary N) is 1. The van der Waals surface area contributed by atoms with Crippen LogP contribution in [0.4, 0.5) is 5.69 Å². The second kappa shape index (κ2) is 9.94. The van der Waals surface area contributed by atoms with Crippen molar-refractivity contribution in [3.05, 3.63) is 54.4 Å². The Hall–Kier alpha value is -3.04. The number of benzene rings is 1. The van der Waals surface area contributed by atoms with Crippen molar-refractivity contribution in [3.8, 4) is 11.4 Å². The number of carbonyl (C=O) groups excluding carboxylic acids is 2. The molecule has 0 atom stereocenters. The standard InChI is InChI=1S/C20H21N5O3S/c1-14(26)15-3-5-17(6-4-15)22-18(27)13-29-20-24-23-19(25(20)11-12-28-2)16-7-9-21-10-8-16/h3-10H,11-13H2,1-2H3,(H,22,27). The van der Waals surface area contributed by atoms with Gasteiger partial charge in [0.15, 0.2) is 16.8 Å². The molecular weight excluding hydrogens is 390 g/mol. The normalized spacial score (nSPS) is 10.7. The van der Waals surface area contributed by atoms with Gasteiger partial charge in [-0.15, -0.1) is 10.2 Å². The summed E-state index contributed by atoms with van der Waals surface area (Å²) in [5.41, 5.74) is 2.14. The van der Waals surface area contributed by atoms with Gasteiger partial charge < -0.3 is 10.1 Å². The van der Waals surface area contributed by atoms with E-state index in [0.717, 1.165) is 5.56 Å². The lowest BCUT2D eigenvalue weighted by molar-refractivity contribution is -0.113. The molecule has 2 aromatic heterocycles. The first kappa shape index (κ1) is 20.7. The zero-order valence-electron chi connectivity index (χ0n) is 16.2. The van der Waals surface area contributed by atoms with Crippen LogP contribution in [0, 0.1) is 0 Å². The summed E-state index contributed by atoms with van der Waals surface area (Å²) in [7, 11) is 1.63. The van der Waals surface area contributed by atoms with Crippen LogP contribution in [0.2, 0.25) is 0 Å². The molecule has 150 valence electrons. The molecule has 0 spiro atoms. The minimum absolute atomic E-state index is 0.0150. The lowest BCUT2D eigenvalue weighted by Crippen LogP contribution is -2.15. The van der Waals surface area contributed by atoms with Crippen molar-refractivity contribution in [2.75, 3.05) is 24.8 Å². The second-order valence-corrected chi connectivity index (χ2v) is 7.10. The molecule has 8 nitrogen and oxygen atoms in total. The number of rotatable bonds is 9. The Kier molecular flexibility index (Phi) is 7.09. The molecule has 2 heterocycles. The average Bonchev–Trinajstić information content (AvgIpc) is 3.14. The number of Topliss-reactive ketones (excluding diaryl/α,β-unsaturated/α-hetero) is 1. The maximum Gasteiger partial charge on any atom is 0.234 e. The zero-order chi connectivity index (χ0) is 20.6. The van der Waals surface area contributed by atoms with E-state index in [-0.39, 0.29) is 17.4 Å². The molecule has 0 saturated carbocycles. The van der Waals surface area contributed by atoms with Crippen LogP contribution >= 0.6 is 11.8 Å². The highest BCUT2D eigenvalue weighted by atomic mass is 32.2. The third-order valence-electron chi connectivity index (χ3n) is 4.08. The van der Waals surface area contributed by atoms with Crippen LogP contribution in [0.1, 0.15) is 17.3 Å². The van der Waals surface area contributed by atoms with Crippen LogP contribution in [0.5, 0.6) is 0 Å². The van der Waals surface area contributed by atoms with Crippen LogP contribution in [0.3, 0.4) is 0 Å². The highest BCUT2D eigenvalue weighted by molar-refractivity contribution is 7.99. The van der Waals surface area contributed by atoms with E-state index < -0.39 is 0 Å². The molecule has 0 aliphatic rings. The maximum atomic E-state index is 12.3. The van der Waals surface area contributed by atoms with Crippen molar-refractivity contribution in [1.29, 1.82) is 0 Å². The summed E-state index contributed by atoms with van der Waals surface area (Å²) in [6.45, 7) is 2.57. The van der Waals surface area contributed by atoms with Gasteiger partial charge in [-0.05, 0) is 43.3 Å². The summed E-state index contributed by atoms with van der Waals surface area (Å²) in [5.74, 6) is 0.693. The Morgan fingerprint density at radius 3 is 2.48 bits per heavy atom. The SMILES string of the molecule is COCCn1c(SCC(=O)Nc2ccc(C(C)=O)cc2)nnc1-c1ccncc1. The van der Waals surface area contributed by atoms with Gasteiger partial charge in [0.25, 0.3) is 0 Å². The van der Waals surface area contributed by atoms with E-state index in [0.29, 0.717) is 35.4 Å². The minimum Gasteiger partial charge on any atom is -0.383 e. The highest BCUT2D eigenvalue weighted by Crippen LogP contribution is 2.24. The quantitative estimate of drug-likeness (QED) is 0.427. The van der Waals surface area contributed by atoms with Gasteiger partial charge in [-0.1, -0.05) is 11.8 Å². The summed E-state index contributed by atoms with van der Waals surface area (Å²) in [5, 5.41) is 12.0. The molecule has 0 aliphatic carbocycles. The minimum atomic E-state index is -0.169. The van der Waals surface area contributed by atoms with E-state index in [1.807, 2.05) is 16.7 Å². The van der Waals surface area contributed by atoms with Gasteiger partial charge in [-0.3, -0.25) is 19.1 Å². The first-order valence-corrected chi connectivity index (χ1v) is 9.93. The van der Waals surface area contributed by atoms with Crippen molar-refractivity contribution in [3.63, 3.8) is 0 Å². The van der Waals surface area contributed by atoms with Gasteiger partial charge in [0.05, 0.1) is 18.9 Å². The smallest absolute Gasteiger partial charge is 0.234 e. The lowest BCUT2D eigenvalue weighted by atomic mass is 10.1. The van der Waals surface area contributed by atoms with Crippen molar-refractivity contribution >= 4 is 29.1 Å². The lowest BCUT2D eigenvalue weighted by Gasteiger charge is -2.10. The van der Waals surface area contributed by atoms with Crippen LogP contribution in [0.15, 0.2) is 53.9 Å². The fraction of sp³-hybridized carbons (Fsp3) is 0.250. The summed E-state index contributed by atoms with van der Waals surface area (Å²) in [4.78, 5) is 27.7. The number of amides is 1. The molecule has 0 fully saturated rings. The third-order valence-corrected chi connectivity index (χ3v) is 5.05. The van der Waals surface area contributed by atoms with E-state index in [1.54, 1.807) is 43.8 Å². The summed E-state index contributed by atoms with van der Waals surface area (Å²) in [6, 6.07) is 10.5. The number of carbonyl (C=O) groups is 2. The molecular formula is C20H21N5O3S. The summed E-state index contributed by atoms with van der Waals surface area (Å²) >= 11 is 1.30. The van der Waals surface area contributed by atoms with Crippen molar-refractivity contribution in [2.24, 2.45) is 0 Å². The van der Waals surface area contributed by atoms with Gasteiger partial charge >= 0.3 is 0 Å². The maximum absolute atomic E-state index is 12.3. The molecule has 29 heavy (non-hydrogen) atoms. The fourth-order valence-corrected chi connectivity index (χ4v) is 3.37. The molecule has 3 aromatic rings. The number of aromatic nitrogens is 4. The van der Waals surface area contributed by atoms with Crippen LogP contribution in [-0.2, 0) is 16.1 Å². The van der Waals surface area contributed by atoms with Crippen molar-refractivity contribution in [2.45, 2.75) is 18.6 Å². The monoisotopic (exact) mass is 411 g/mol. The number of methoxy groups -OCH3 is 1. The Morgan fingerprint density at radius 1 is 1.10 bits per heavy atom. The van der Waals surface area contributed by atoms with E-state index >= 15 is 0 Å². The molecule has 0 aliphatic heterocycles. The average molecular weight is 411 g/mol. The number of hydrogen-bond acceptors (Lipinski definition) is 7. The van der Waals surface area contributed by atoms with Crippen molar-refractivity contribution in [1.82, 2.24) is 19.7 Å². The predicted molar refractivity (Wildman–Crippen MR) is 111 cm³/mol. The fourth-order valence-electron chi connectivity index (χ4n) is 2.61. The molecule has 0 unspecified atom stereocenters. The first-order valence-electron chi connectivity index (χ1n) is 8.94. The molecule has 1 N–H and O–H groups in total. The van der Waals surface area contributed by atoms with Crippen LogP contribution in [-0.4, -0.2) is 50.9 Å². The molecule has 1 aromatic carbocycles. The summed E-state index contributed by atoms with van der Waals surface area (Å²) < 4.78 is 7.12. The van der Waals surface area contributed by atoms with Crippen LogP contribution in [0.25, 0.3) is 11.4 Å². The highest BCUT2D eigenvalue weighted by Gasteiger charge is 2.15. The zero-order valence-corrected chi connectivity index (χ0v) is 17.0. The number of ketones is 1. The largest absolute Gasteiger partial charge is 0.383 e. The van der Waals surface area contributed by atoms with E-state index in [9.17, 15) is 9.59 Å². The van der Waals surface area contributed by atoms with Gasteiger partial charge in [-0.25, -0.2) is 0 Å². The van der Waals surface area contributed by atoms with E-state index in [1.165, 1.54) is 18.7 Å². The Labute approximate surface area is 172 Å². The third kappa shape index (κ3) is 5.49. The Balaban J connectivity index is 1.67. The Morgan fingerprint density at radius 2 is 1.83 bits per heavy atom. The topological polar surface area (TPSA) is 99.0 Å². The Bertz CT molecular complexity index is 974.